The Balaban J connectivity index is 5.64. The van der Waals surface area contributed by atoms with Crippen LogP contribution in [0.4, 0.5) is 0 Å². The van der Waals surface area contributed by atoms with Gasteiger partial charge in [-0.3, -0.25) is 0 Å². The topological polar surface area (TPSA) is 124 Å². The molecule has 0 rings (SSSR count). The second-order valence-corrected chi connectivity index (χ2v) is 11.6. The minimum Gasteiger partial charge on any atom is -0.459 e. The zero-order chi connectivity index (χ0) is 28.1. The molecule has 0 saturated heterocycles. The fourth-order valence-corrected chi connectivity index (χ4v) is 4.22. The lowest BCUT2D eigenvalue weighted by atomic mass is 10.3. The van der Waals surface area contributed by atoms with Crippen molar-refractivity contribution in [2.75, 3.05) is 26.4 Å². The van der Waals surface area contributed by atoms with Crippen LogP contribution in [0.5, 0.6) is 0 Å². The van der Waals surface area contributed by atoms with Gasteiger partial charge < -0.3 is 27.8 Å². The quantitative estimate of drug-likeness (QED) is 0.121. The minimum atomic E-state index is -3.21. The molecule has 1 radical (unpaired) electrons. The largest absolute Gasteiger partial charge is 0.459 e. The van der Waals surface area contributed by atoms with Crippen LogP contribution in [0.1, 0.15) is 27.7 Å². The van der Waals surface area contributed by atoms with Crippen molar-refractivity contribution in [3.63, 3.8) is 0 Å². The van der Waals surface area contributed by atoms with Crippen LogP contribution in [0.2, 0.25) is 12.6 Å². The summed E-state index contributed by atoms with van der Waals surface area (Å²) in [6.45, 7) is 24.5. The van der Waals surface area contributed by atoms with Crippen LogP contribution in [0.15, 0.2) is 48.6 Å². The Labute approximate surface area is 214 Å². The molecular formula is C25H37O10Si. The van der Waals surface area contributed by atoms with Gasteiger partial charge >= 0.3 is 32.4 Å². The summed E-state index contributed by atoms with van der Waals surface area (Å²) in [5, 5.41) is 0. The summed E-state index contributed by atoms with van der Waals surface area (Å²) in [6, 6.07) is 0.158. The Hall–Kier alpha value is -3.02. The molecule has 0 aliphatic rings. The average molecular weight is 526 g/mol. The van der Waals surface area contributed by atoms with Gasteiger partial charge in [-0.05, 0) is 40.3 Å². The molecule has 11 heteroatoms. The standard InChI is InChI=1S/C25H37O10Si/c1-11-36(10,34-20(12-30-22(26)16(2)3)13-31-23(27)17(4)5)35-21(14-32-24(28)18(6)7)15-33-25(29)19(8)9/h20-21H,1-2,4,6,8,11-15H2,3,5,7,9-10H3. The summed E-state index contributed by atoms with van der Waals surface area (Å²) < 4.78 is 32.9. The number of ether oxygens (including phenoxy) is 4. The van der Waals surface area contributed by atoms with E-state index < -0.39 is 44.6 Å². The Morgan fingerprint density at radius 2 is 0.806 bits per heavy atom. The highest BCUT2D eigenvalue weighted by Gasteiger charge is 2.37. The molecule has 0 aliphatic heterocycles. The van der Waals surface area contributed by atoms with Crippen molar-refractivity contribution >= 4 is 32.4 Å². The van der Waals surface area contributed by atoms with Crippen LogP contribution >= 0.6 is 0 Å². The van der Waals surface area contributed by atoms with Crippen LogP contribution in [0.25, 0.3) is 0 Å². The van der Waals surface area contributed by atoms with Gasteiger partial charge in [0.2, 0.25) is 0 Å². The number of hydrogen-bond acceptors (Lipinski definition) is 10. The van der Waals surface area contributed by atoms with Crippen LogP contribution < -0.4 is 0 Å². The van der Waals surface area contributed by atoms with Crippen LogP contribution in [0.3, 0.4) is 0 Å². The van der Waals surface area contributed by atoms with Crippen molar-refractivity contribution in [2.45, 2.75) is 52.5 Å². The molecular weight excluding hydrogens is 488 g/mol. The van der Waals surface area contributed by atoms with E-state index in [4.69, 9.17) is 27.8 Å². The van der Waals surface area contributed by atoms with Crippen molar-refractivity contribution in [1.29, 1.82) is 0 Å². The van der Waals surface area contributed by atoms with Gasteiger partial charge in [0.1, 0.15) is 38.6 Å². The highest BCUT2D eigenvalue weighted by Crippen LogP contribution is 2.20. The molecule has 10 nitrogen and oxygen atoms in total. The normalized spacial score (nSPS) is 11.0. The molecule has 0 unspecified atom stereocenters. The Kier molecular flexibility index (Phi) is 14.5. The first-order valence-corrected chi connectivity index (χ1v) is 13.6. The maximum atomic E-state index is 11.9. The minimum absolute atomic E-state index is 0.158. The van der Waals surface area contributed by atoms with Crippen molar-refractivity contribution in [1.82, 2.24) is 0 Å². The van der Waals surface area contributed by atoms with E-state index in [-0.39, 0.29) is 54.8 Å². The number of rotatable bonds is 17. The molecule has 201 valence electrons. The van der Waals surface area contributed by atoms with E-state index in [0.29, 0.717) is 0 Å². The summed E-state index contributed by atoms with van der Waals surface area (Å²) in [5.41, 5.74) is 0.722. The first kappa shape index (κ1) is 33.0. The smallest absolute Gasteiger partial charge is 0.335 e. The molecule has 0 atom stereocenters. The molecule has 0 aromatic carbocycles. The maximum absolute atomic E-state index is 11.9. The third kappa shape index (κ3) is 13.2. The molecule has 0 bridgehead atoms. The van der Waals surface area contributed by atoms with Crippen LogP contribution in [-0.4, -0.2) is 71.1 Å². The van der Waals surface area contributed by atoms with Crippen molar-refractivity contribution in [2.24, 2.45) is 0 Å². The monoisotopic (exact) mass is 525 g/mol. The third-order valence-corrected chi connectivity index (χ3v) is 6.85. The SMILES string of the molecule is [CH2]C[Si](C)(OC(COC(=O)C(=C)C)COC(=O)C(=C)C)OC(COC(=O)C(=C)C)COC(=O)C(=C)C. The zero-order valence-corrected chi connectivity index (χ0v) is 22.8. The van der Waals surface area contributed by atoms with Gasteiger partial charge in [0.05, 0.1) is 0 Å². The van der Waals surface area contributed by atoms with Crippen LogP contribution in [-0.2, 0) is 47.0 Å². The number of carbonyl (C=O) groups is 4. The number of hydrogen-bond donors (Lipinski definition) is 0. The van der Waals surface area contributed by atoms with E-state index >= 15 is 0 Å². The lowest BCUT2D eigenvalue weighted by Crippen LogP contribution is -2.49. The highest BCUT2D eigenvalue weighted by molar-refractivity contribution is 6.66. The lowest BCUT2D eigenvalue weighted by Gasteiger charge is -2.33. The van der Waals surface area contributed by atoms with Crippen molar-refractivity contribution in [3.05, 3.63) is 55.5 Å². The first-order valence-electron chi connectivity index (χ1n) is 11.1. The van der Waals surface area contributed by atoms with Gasteiger partial charge in [-0.15, -0.1) is 0 Å². The third-order valence-electron chi connectivity index (χ3n) is 4.28. The van der Waals surface area contributed by atoms with Gasteiger partial charge in [-0.25, -0.2) is 19.2 Å². The van der Waals surface area contributed by atoms with Crippen LogP contribution in [0, 0.1) is 6.92 Å². The van der Waals surface area contributed by atoms with Gasteiger partial charge in [-0.1, -0.05) is 33.2 Å². The van der Waals surface area contributed by atoms with E-state index in [0.717, 1.165) is 0 Å². The van der Waals surface area contributed by atoms with E-state index in [9.17, 15) is 19.2 Å². The van der Waals surface area contributed by atoms with E-state index in [2.05, 4.69) is 33.2 Å². The van der Waals surface area contributed by atoms with Gasteiger partial charge in [0.25, 0.3) is 0 Å². The summed E-state index contributed by atoms with van der Waals surface area (Å²) in [6.07, 6.45) is -1.82. The fraction of sp³-hybridized carbons (Fsp3) is 0.480. The summed E-state index contributed by atoms with van der Waals surface area (Å²) in [7, 11) is -3.21. The first-order chi connectivity index (χ1) is 16.6. The predicted octanol–water partition coefficient (Wildman–Crippen LogP) is 3.14. The van der Waals surface area contributed by atoms with E-state index in [1.807, 2.05) is 0 Å². The molecule has 0 fully saturated rings. The molecule has 0 aromatic heterocycles. The molecule has 0 spiro atoms. The zero-order valence-electron chi connectivity index (χ0n) is 21.8. The predicted molar refractivity (Wildman–Crippen MR) is 135 cm³/mol. The molecule has 0 amide bonds. The lowest BCUT2D eigenvalue weighted by molar-refractivity contribution is -0.148. The molecule has 0 heterocycles. The number of carbonyl (C=O) groups excluding carboxylic acids is 4. The summed E-state index contributed by atoms with van der Waals surface area (Å²) >= 11 is 0. The Morgan fingerprint density at radius 3 is 0.972 bits per heavy atom. The highest BCUT2D eigenvalue weighted by atomic mass is 28.4. The van der Waals surface area contributed by atoms with E-state index in [1.165, 1.54) is 27.7 Å². The van der Waals surface area contributed by atoms with E-state index in [1.54, 1.807) is 6.55 Å². The molecule has 0 aromatic rings. The second-order valence-electron chi connectivity index (χ2n) is 8.38. The van der Waals surface area contributed by atoms with Gasteiger partial charge in [-0.2, -0.15) is 0 Å². The summed E-state index contributed by atoms with van der Waals surface area (Å²) in [4.78, 5) is 47.5. The second kappa shape index (κ2) is 15.9. The molecule has 0 aliphatic carbocycles. The fourth-order valence-electron chi connectivity index (χ4n) is 2.25. The molecule has 36 heavy (non-hydrogen) atoms. The molecule has 0 N–H and O–H groups in total. The van der Waals surface area contributed by atoms with Gasteiger partial charge in [0, 0.05) is 22.3 Å². The molecule has 0 saturated carbocycles. The summed E-state index contributed by atoms with van der Waals surface area (Å²) in [5.74, 6) is -2.59. The van der Waals surface area contributed by atoms with Crippen molar-refractivity contribution in [3.8, 4) is 0 Å². The maximum Gasteiger partial charge on any atom is 0.335 e. The Bertz CT molecular complexity index is 750. The van der Waals surface area contributed by atoms with Crippen molar-refractivity contribution < 1.29 is 47.0 Å². The average Bonchev–Trinajstić information content (AvgIpc) is 2.80. The number of esters is 4. The van der Waals surface area contributed by atoms with Gasteiger partial charge in [0.15, 0.2) is 0 Å². The Morgan fingerprint density at radius 1 is 0.583 bits per heavy atom.